The predicted octanol–water partition coefficient (Wildman–Crippen LogP) is 5.06. The van der Waals surface area contributed by atoms with E-state index in [0.29, 0.717) is 5.69 Å². The molecule has 0 N–H and O–H groups in total. The monoisotopic (exact) mass is 312 g/mol. The first-order chi connectivity index (χ1) is 11.2. The molecule has 1 amide bonds. The molecule has 124 valence electrons. The number of hydrogen-bond acceptors (Lipinski definition) is 2. The van der Waals surface area contributed by atoms with E-state index in [-0.39, 0.29) is 11.9 Å². The second-order valence-corrected chi connectivity index (χ2v) is 6.22. The van der Waals surface area contributed by atoms with E-state index in [4.69, 9.17) is 0 Å². The van der Waals surface area contributed by atoms with Crippen LogP contribution < -0.4 is 0 Å². The zero-order chi connectivity index (χ0) is 16.7. The molecule has 3 nitrogen and oxygen atoms in total. The minimum atomic E-state index is 0.0684. The second kappa shape index (κ2) is 8.66. The van der Waals surface area contributed by atoms with E-state index in [1.54, 1.807) is 6.20 Å². The van der Waals surface area contributed by atoms with Gasteiger partial charge in [-0.15, -0.1) is 0 Å². The van der Waals surface area contributed by atoms with E-state index < -0.39 is 0 Å². The van der Waals surface area contributed by atoms with Crippen LogP contribution in [0, 0.1) is 0 Å². The summed E-state index contributed by atoms with van der Waals surface area (Å²) >= 11 is 0. The molecule has 23 heavy (non-hydrogen) atoms. The Bertz CT molecular complexity index is 633. The lowest BCUT2D eigenvalue weighted by Gasteiger charge is -2.29. The molecule has 0 radical (unpaired) electrons. The number of rotatable bonds is 8. The van der Waals surface area contributed by atoms with Gasteiger partial charge >= 0.3 is 0 Å². The third-order valence-corrected chi connectivity index (χ3v) is 4.38. The predicted molar refractivity (Wildman–Crippen MR) is 96.7 cm³/mol. The SMILES string of the molecule is CCCCCN(C(=O)c1nccc2ccccc12)C(C)CCC. The molecule has 1 aromatic heterocycles. The van der Waals surface area contributed by atoms with Gasteiger partial charge in [0.2, 0.25) is 0 Å². The van der Waals surface area contributed by atoms with Gasteiger partial charge in [0.25, 0.3) is 5.91 Å². The highest BCUT2D eigenvalue weighted by Gasteiger charge is 2.23. The van der Waals surface area contributed by atoms with Crippen LogP contribution in [0.3, 0.4) is 0 Å². The van der Waals surface area contributed by atoms with Gasteiger partial charge in [-0.25, -0.2) is 0 Å². The first kappa shape index (κ1) is 17.5. The molecule has 0 bridgehead atoms. The van der Waals surface area contributed by atoms with Crippen molar-refractivity contribution < 1.29 is 4.79 Å². The van der Waals surface area contributed by atoms with Crippen LogP contribution in [0.2, 0.25) is 0 Å². The molecule has 1 heterocycles. The van der Waals surface area contributed by atoms with Gasteiger partial charge in [0.15, 0.2) is 0 Å². The van der Waals surface area contributed by atoms with Crippen LogP contribution in [-0.2, 0) is 0 Å². The van der Waals surface area contributed by atoms with Crippen molar-refractivity contribution in [2.24, 2.45) is 0 Å². The van der Waals surface area contributed by atoms with Crippen molar-refractivity contribution in [2.75, 3.05) is 6.54 Å². The zero-order valence-electron chi connectivity index (χ0n) is 14.6. The number of aromatic nitrogens is 1. The zero-order valence-corrected chi connectivity index (χ0v) is 14.6. The van der Waals surface area contributed by atoms with Gasteiger partial charge < -0.3 is 4.90 Å². The summed E-state index contributed by atoms with van der Waals surface area (Å²) in [6, 6.07) is 10.2. The van der Waals surface area contributed by atoms with Crippen LogP contribution in [-0.4, -0.2) is 28.4 Å². The fourth-order valence-electron chi connectivity index (χ4n) is 3.05. The fourth-order valence-corrected chi connectivity index (χ4v) is 3.05. The average molecular weight is 312 g/mol. The molecule has 2 aromatic rings. The van der Waals surface area contributed by atoms with Crippen LogP contribution in [0.4, 0.5) is 0 Å². The molecule has 1 unspecified atom stereocenters. The highest BCUT2D eigenvalue weighted by atomic mass is 16.2. The smallest absolute Gasteiger partial charge is 0.273 e. The molecule has 0 spiro atoms. The lowest BCUT2D eigenvalue weighted by atomic mass is 10.1. The Morgan fingerprint density at radius 2 is 1.91 bits per heavy atom. The van der Waals surface area contributed by atoms with Gasteiger partial charge in [0, 0.05) is 24.2 Å². The first-order valence-corrected chi connectivity index (χ1v) is 8.83. The third-order valence-electron chi connectivity index (χ3n) is 4.38. The molecule has 0 saturated heterocycles. The first-order valence-electron chi connectivity index (χ1n) is 8.83. The highest BCUT2D eigenvalue weighted by molar-refractivity contribution is 6.05. The maximum atomic E-state index is 13.1. The van der Waals surface area contributed by atoms with Crippen molar-refractivity contribution in [1.82, 2.24) is 9.88 Å². The van der Waals surface area contributed by atoms with Crippen molar-refractivity contribution >= 4 is 16.7 Å². The van der Waals surface area contributed by atoms with Crippen LogP contribution in [0.5, 0.6) is 0 Å². The average Bonchev–Trinajstić information content (AvgIpc) is 2.58. The Morgan fingerprint density at radius 3 is 2.65 bits per heavy atom. The summed E-state index contributed by atoms with van der Waals surface area (Å²) in [4.78, 5) is 19.6. The fraction of sp³-hybridized carbons (Fsp3) is 0.500. The number of fused-ring (bicyclic) bond motifs is 1. The van der Waals surface area contributed by atoms with Crippen molar-refractivity contribution in [3.8, 4) is 0 Å². The second-order valence-electron chi connectivity index (χ2n) is 6.22. The van der Waals surface area contributed by atoms with E-state index in [0.717, 1.165) is 49.4 Å². The van der Waals surface area contributed by atoms with Gasteiger partial charge in [-0.1, -0.05) is 57.4 Å². The number of pyridine rings is 1. The van der Waals surface area contributed by atoms with Crippen LogP contribution in [0.1, 0.15) is 63.4 Å². The summed E-state index contributed by atoms with van der Waals surface area (Å²) in [5.41, 5.74) is 0.586. The maximum Gasteiger partial charge on any atom is 0.273 e. The molecular formula is C20H28N2O. The summed E-state index contributed by atoms with van der Waals surface area (Å²) in [7, 11) is 0. The van der Waals surface area contributed by atoms with Crippen molar-refractivity contribution in [3.63, 3.8) is 0 Å². The summed E-state index contributed by atoms with van der Waals surface area (Å²) in [6.07, 6.45) is 7.23. The van der Waals surface area contributed by atoms with Gasteiger partial charge in [-0.2, -0.15) is 0 Å². The third kappa shape index (κ3) is 4.31. The summed E-state index contributed by atoms with van der Waals surface area (Å²) in [5.74, 6) is 0.0684. The number of nitrogens with zero attached hydrogens (tertiary/aromatic N) is 2. The summed E-state index contributed by atoms with van der Waals surface area (Å²) in [5, 5.41) is 2.02. The molecule has 0 aliphatic rings. The normalized spacial score (nSPS) is 12.3. The number of unbranched alkanes of at least 4 members (excludes halogenated alkanes) is 2. The standard InChI is InChI=1S/C20H28N2O/c1-4-6-9-15-22(16(3)10-5-2)20(23)19-18-12-8-7-11-17(18)13-14-21-19/h7-8,11-14,16H,4-6,9-10,15H2,1-3H3. The molecule has 1 aromatic carbocycles. The minimum Gasteiger partial charge on any atom is -0.335 e. The van der Waals surface area contributed by atoms with Gasteiger partial charge in [0.1, 0.15) is 5.69 Å². The van der Waals surface area contributed by atoms with Gasteiger partial charge in [-0.05, 0) is 31.2 Å². The van der Waals surface area contributed by atoms with E-state index in [1.165, 1.54) is 0 Å². The lowest BCUT2D eigenvalue weighted by molar-refractivity contribution is 0.0676. The largest absolute Gasteiger partial charge is 0.335 e. The summed E-state index contributed by atoms with van der Waals surface area (Å²) in [6.45, 7) is 7.33. The van der Waals surface area contributed by atoms with E-state index in [1.807, 2.05) is 35.2 Å². The molecule has 0 fully saturated rings. The van der Waals surface area contributed by atoms with Gasteiger partial charge in [0.05, 0.1) is 0 Å². The number of amides is 1. The number of benzene rings is 1. The molecular weight excluding hydrogens is 284 g/mol. The number of carbonyl (C=O) groups is 1. The van der Waals surface area contributed by atoms with E-state index in [2.05, 4.69) is 25.8 Å². The maximum absolute atomic E-state index is 13.1. The molecule has 3 heteroatoms. The highest BCUT2D eigenvalue weighted by Crippen LogP contribution is 2.20. The van der Waals surface area contributed by atoms with Crippen molar-refractivity contribution in [1.29, 1.82) is 0 Å². The molecule has 2 rings (SSSR count). The quantitative estimate of drug-likeness (QED) is 0.639. The van der Waals surface area contributed by atoms with Gasteiger partial charge in [-0.3, -0.25) is 9.78 Å². The number of hydrogen-bond donors (Lipinski definition) is 0. The minimum absolute atomic E-state index is 0.0684. The Balaban J connectivity index is 2.30. The summed E-state index contributed by atoms with van der Waals surface area (Å²) < 4.78 is 0. The Morgan fingerprint density at radius 1 is 1.13 bits per heavy atom. The van der Waals surface area contributed by atoms with Crippen LogP contribution >= 0.6 is 0 Å². The molecule has 1 atom stereocenters. The Labute approximate surface area is 139 Å². The van der Waals surface area contributed by atoms with Crippen LogP contribution in [0.15, 0.2) is 36.5 Å². The van der Waals surface area contributed by atoms with E-state index >= 15 is 0 Å². The van der Waals surface area contributed by atoms with Crippen LogP contribution in [0.25, 0.3) is 10.8 Å². The lowest BCUT2D eigenvalue weighted by Crippen LogP contribution is -2.39. The Kier molecular flexibility index (Phi) is 6.57. The number of carbonyl (C=O) groups excluding carboxylic acids is 1. The molecule has 0 saturated carbocycles. The van der Waals surface area contributed by atoms with Crippen molar-refractivity contribution in [3.05, 3.63) is 42.2 Å². The Hall–Kier alpha value is -1.90. The molecule has 0 aliphatic carbocycles. The van der Waals surface area contributed by atoms with Crippen molar-refractivity contribution in [2.45, 2.75) is 58.9 Å². The molecule has 0 aliphatic heterocycles. The topological polar surface area (TPSA) is 33.2 Å². The van der Waals surface area contributed by atoms with E-state index in [9.17, 15) is 4.79 Å².